The monoisotopic (exact) mass is 224 g/mol. The summed E-state index contributed by atoms with van der Waals surface area (Å²) in [5, 5.41) is 9.77. The maximum Gasteiger partial charge on any atom is 0.224 e. The molecule has 1 amide bonds. The molecule has 0 radical (unpaired) electrons. The first-order valence-electron chi connectivity index (χ1n) is 5.51. The molecule has 1 saturated heterocycles. The summed E-state index contributed by atoms with van der Waals surface area (Å²) >= 11 is 0. The van der Waals surface area contributed by atoms with E-state index in [0.717, 1.165) is 13.1 Å². The summed E-state index contributed by atoms with van der Waals surface area (Å²) in [6.45, 7) is 4.34. The van der Waals surface area contributed by atoms with Crippen LogP contribution in [0.4, 0.5) is 0 Å². The van der Waals surface area contributed by atoms with Gasteiger partial charge in [0.1, 0.15) is 0 Å². The van der Waals surface area contributed by atoms with E-state index in [4.69, 9.17) is 0 Å². The Morgan fingerprint density at radius 3 is 3.19 bits per heavy atom. The van der Waals surface area contributed by atoms with Gasteiger partial charge in [-0.25, -0.2) is 0 Å². The lowest BCUT2D eigenvalue weighted by molar-refractivity contribution is -0.125. The lowest BCUT2D eigenvalue weighted by Crippen LogP contribution is -2.35. The van der Waals surface area contributed by atoms with Crippen molar-refractivity contribution in [2.75, 3.05) is 19.6 Å². The number of nitrogens with one attached hydrogen (secondary N) is 2. The maximum atomic E-state index is 11.8. The van der Waals surface area contributed by atoms with Crippen LogP contribution in [0.2, 0.25) is 0 Å². The molecule has 0 bridgehead atoms. The fourth-order valence-corrected chi connectivity index (χ4v) is 1.89. The lowest BCUT2D eigenvalue weighted by Gasteiger charge is -2.13. The van der Waals surface area contributed by atoms with Gasteiger partial charge in [0, 0.05) is 19.5 Å². The summed E-state index contributed by atoms with van der Waals surface area (Å²) in [6, 6.07) is 0. The first kappa shape index (κ1) is 11.1. The summed E-state index contributed by atoms with van der Waals surface area (Å²) in [4.78, 5) is 15.7. The number of nitrogens with zero attached hydrogens (tertiary/aromatic N) is 2. The Morgan fingerprint density at radius 2 is 2.56 bits per heavy atom. The third kappa shape index (κ3) is 2.57. The van der Waals surface area contributed by atoms with Crippen molar-refractivity contribution in [1.82, 2.24) is 20.8 Å². The van der Waals surface area contributed by atoms with Gasteiger partial charge in [0.05, 0.1) is 5.92 Å². The van der Waals surface area contributed by atoms with Crippen molar-refractivity contribution in [2.24, 2.45) is 11.8 Å². The quantitative estimate of drug-likeness (QED) is 0.726. The SMILES string of the molecule is CC1CNCC1C(=O)NCCc1ncon1. The molecule has 6 nitrogen and oxygen atoms in total. The Labute approximate surface area is 93.8 Å². The molecule has 88 valence electrons. The van der Waals surface area contributed by atoms with Crippen molar-refractivity contribution in [2.45, 2.75) is 13.3 Å². The van der Waals surface area contributed by atoms with Crippen LogP contribution in [0.3, 0.4) is 0 Å². The molecule has 1 aliphatic heterocycles. The van der Waals surface area contributed by atoms with E-state index < -0.39 is 0 Å². The zero-order valence-electron chi connectivity index (χ0n) is 9.27. The molecule has 1 aromatic heterocycles. The van der Waals surface area contributed by atoms with Crippen LogP contribution in [0.5, 0.6) is 0 Å². The smallest absolute Gasteiger partial charge is 0.224 e. The highest BCUT2D eigenvalue weighted by molar-refractivity contribution is 5.79. The number of carbonyl (C=O) groups is 1. The molecule has 2 atom stereocenters. The van der Waals surface area contributed by atoms with Crippen molar-refractivity contribution in [3.63, 3.8) is 0 Å². The minimum Gasteiger partial charge on any atom is -0.355 e. The summed E-state index contributed by atoms with van der Waals surface area (Å²) in [6.07, 6.45) is 1.90. The van der Waals surface area contributed by atoms with Gasteiger partial charge in [-0.15, -0.1) is 0 Å². The summed E-state index contributed by atoms with van der Waals surface area (Å²) < 4.78 is 4.61. The average Bonchev–Trinajstić information content (AvgIpc) is 2.88. The minimum absolute atomic E-state index is 0.0882. The van der Waals surface area contributed by atoms with E-state index in [0.29, 0.717) is 24.7 Å². The van der Waals surface area contributed by atoms with Gasteiger partial charge in [0.25, 0.3) is 0 Å². The third-order valence-corrected chi connectivity index (χ3v) is 2.91. The van der Waals surface area contributed by atoms with Gasteiger partial charge >= 0.3 is 0 Å². The van der Waals surface area contributed by atoms with E-state index in [1.54, 1.807) is 0 Å². The number of rotatable bonds is 4. The molecule has 0 spiro atoms. The van der Waals surface area contributed by atoms with Crippen molar-refractivity contribution < 1.29 is 9.32 Å². The third-order valence-electron chi connectivity index (χ3n) is 2.91. The number of hydrogen-bond acceptors (Lipinski definition) is 5. The van der Waals surface area contributed by atoms with Crippen LogP contribution in [0.25, 0.3) is 0 Å². The fraction of sp³-hybridized carbons (Fsp3) is 0.700. The van der Waals surface area contributed by atoms with Gasteiger partial charge in [0.2, 0.25) is 12.3 Å². The van der Waals surface area contributed by atoms with Gasteiger partial charge < -0.3 is 15.2 Å². The Balaban J connectivity index is 1.71. The van der Waals surface area contributed by atoms with Crippen LogP contribution >= 0.6 is 0 Å². The summed E-state index contributed by atoms with van der Waals surface area (Å²) in [5.41, 5.74) is 0. The number of amides is 1. The Kier molecular flexibility index (Phi) is 3.51. The van der Waals surface area contributed by atoms with E-state index in [2.05, 4.69) is 32.2 Å². The molecular formula is C10H16N4O2. The molecule has 1 fully saturated rings. The van der Waals surface area contributed by atoms with Crippen LogP contribution < -0.4 is 10.6 Å². The van der Waals surface area contributed by atoms with Crippen LogP contribution in [0.1, 0.15) is 12.7 Å². The van der Waals surface area contributed by atoms with Crippen molar-refractivity contribution in [1.29, 1.82) is 0 Å². The van der Waals surface area contributed by atoms with Crippen LogP contribution in [-0.4, -0.2) is 35.7 Å². The molecular weight excluding hydrogens is 208 g/mol. The second-order valence-electron chi connectivity index (χ2n) is 4.13. The zero-order valence-corrected chi connectivity index (χ0v) is 9.27. The Bertz CT molecular complexity index is 339. The molecule has 2 rings (SSSR count). The highest BCUT2D eigenvalue weighted by Crippen LogP contribution is 2.15. The van der Waals surface area contributed by atoms with Gasteiger partial charge in [-0.1, -0.05) is 12.1 Å². The first-order valence-corrected chi connectivity index (χ1v) is 5.51. The number of hydrogen-bond donors (Lipinski definition) is 2. The van der Waals surface area contributed by atoms with Gasteiger partial charge in [-0.3, -0.25) is 4.79 Å². The maximum absolute atomic E-state index is 11.8. The van der Waals surface area contributed by atoms with E-state index in [9.17, 15) is 4.79 Å². The molecule has 2 heterocycles. The van der Waals surface area contributed by atoms with Gasteiger partial charge in [-0.2, -0.15) is 4.98 Å². The van der Waals surface area contributed by atoms with Crippen molar-refractivity contribution in [3.05, 3.63) is 12.2 Å². The molecule has 0 aliphatic carbocycles. The zero-order chi connectivity index (χ0) is 11.4. The number of aromatic nitrogens is 2. The molecule has 0 saturated carbocycles. The van der Waals surface area contributed by atoms with E-state index in [-0.39, 0.29) is 11.8 Å². The summed E-state index contributed by atoms with van der Waals surface area (Å²) in [5.74, 6) is 1.23. The highest BCUT2D eigenvalue weighted by atomic mass is 16.5. The van der Waals surface area contributed by atoms with Crippen LogP contribution in [-0.2, 0) is 11.2 Å². The van der Waals surface area contributed by atoms with Gasteiger partial charge in [-0.05, 0) is 12.5 Å². The Morgan fingerprint density at radius 1 is 1.69 bits per heavy atom. The first-order chi connectivity index (χ1) is 7.77. The van der Waals surface area contributed by atoms with E-state index in [1.807, 2.05) is 0 Å². The van der Waals surface area contributed by atoms with Crippen LogP contribution in [0, 0.1) is 11.8 Å². The van der Waals surface area contributed by atoms with E-state index in [1.165, 1.54) is 6.39 Å². The Hall–Kier alpha value is -1.43. The molecule has 1 aromatic rings. The average molecular weight is 224 g/mol. The molecule has 16 heavy (non-hydrogen) atoms. The number of carbonyl (C=O) groups excluding carboxylic acids is 1. The lowest BCUT2D eigenvalue weighted by atomic mass is 9.97. The normalized spacial score (nSPS) is 24.6. The highest BCUT2D eigenvalue weighted by Gasteiger charge is 2.29. The molecule has 2 unspecified atom stereocenters. The standard InChI is InChI=1S/C10H16N4O2/c1-7-4-11-5-8(7)10(15)12-3-2-9-13-6-16-14-9/h6-8,11H,2-5H2,1H3,(H,12,15). The largest absolute Gasteiger partial charge is 0.355 e. The van der Waals surface area contributed by atoms with E-state index >= 15 is 0 Å². The molecule has 1 aliphatic rings. The van der Waals surface area contributed by atoms with Gasteiger partial charge in [0.15, 0.2) is 5.82 Å². The second-order valence-corrected chi connectivity index (χ2v) is 4.13. The molecule has 2 N–H and O–H groups in total. The minimum atomic E-state index is 0.0882. The molecule has 0 aromatic carbocycles. The summed E-state index contributed by atoms with van der Waals surface area (Å²) in [7, 11) is 0. The predicted octanol–water partition coefficient (Wildman–Crippen LogP) is -0.416. The predicted molar refractivity (Wildman–Crippen MR) is 56.5 cm³/mol. The fourth-order valence-electron chi connectivity index (χ4n) is 1.89. The molecule has 6 heteroatoms. The van der Waals surface area contributed by atoms with Crippen LogP contribution in [0.15, 0.2) is 10.9 Å². The van der Waals surface area contributed by atoms with Crippen molar-refractivity contribution >= 4 is 5.91 Å². The second kappa shape index (κ2) is 5.07. The van der Waals surface area contributed by atoms with Crippen molar-refractivity contribution in [3.8, 4) is 0 Å². The topological polar surface area (TPSA) is 80.0 Å².